The quantitative estimate of drug-likeness (QED) is 0.757. The number of hydrogen-bond acceptors (Lipinski definition) is 8. The van der Waals surface area contributed by atoms with Gasteiger partial charge in [0, 0.05) is 22.4 Å². The zero-order chi connectivity index (χ0) is 12.5. The zero-order valence-corrected chi connectivity index (χ0v) is 10.3. The molecule has 0 unspecified atom stereocenters. The van der Waals surface area contributed by atoms with E-state index in [9.17, 15) is 0 Å². The average Bonchev–Trinajstić information content (AvgIpc) is 2.97. The standard InChI is InChI=1S/C9H5BrN6O2/c10-5-1-4(2-12-3-5)8-13-9(17-16-8)6-7(11)15-18-14-6/h1-3H,(H2,11,15). The van der Waals surface area contributed by atoms with E-state index >= 15 is 0 Å². The minimum absolute atomic E-state index is 0.0950. The Morgan fingerprint density at radius 3 is 2.78 bits per heavy atom. The molecule has 3 aromatic heterocycles. The van der Waals surface area contributed by atoms with Gasteiger partial charge in [0.15, 0.2) is 0 Å². The van der Waals surface area contributed by atoms with Crippen molar-refractivity contribution in [3.63, 3.8) is 0 Å². The number of nitrogens with two attached hydrogens (primary N) is 1. The topological polar surface area (TPSA) is 117 Å². The van der Waals surface area contributed by atoms with E-state index in [1.54, 1.807) is 12.4 Å². The van der Waals surface area contributed by atoms with Crippen LogP contribution >= 0.6 is 15.9 Å². The Kier molecular flexibility index (Phi) is 2.52. The molecule has 0 amide bonds. The van der Waals surface area contributed by atoms with E-state index in [1.165, 1.54) is 0 Å². The van der Waals surface area contributed by atoms with Gasteiger partial charge in [-0.25, -0.2) is 4.63 Å². The third-order valence-electron chi connectivity index (χ3n) is 2.11. The van der Waals surface area contributed by atoms with Crippen molar-refractivity contribution in [3.8, 4) is 23.0 Å². The van der Waals surface area contributed by atoms with Gasteiger partial charge >= 0.3 is 0 Å². The second kappa shape index (κ2) is 4.18. The second-order valence-electron chi connectivity index (χ2n) is 3.31. The minimum atomic E-state index is 0.0950. The number of hydrogen-bond donors (Lipinski definition) is 1. The molecular formula is C9H5BrN6O2. The van der Waals surface area contributed by atoms with E-state index in [-0.39, 0.29) is 17.4 Å². The van der Waals surface area contributed by atoms with Gasteiger partial charge in [-0.3, -0.25) is 4.98 Å². The maximum Gasteiger partial charge on any atom is 0.284 e. The summed E-state index contributed by atoms with van der Waals surface area (Å²) in [4.78, 5) is 8.15. The summed E-state index contributed by atoms with van der Waals surface area (Å²) in [6.45, 7) is 0. The van der Waals surface area contributed by atoms with Crippen molar-refractivity contribution in [2.45, 2.75) is 0 Å². The molecule has 0 saturated heterocycles. The molecule has 9 heteroatoms. The molecule has 2 N–H and O–H groups in total. The van der Waals surface area contributed by atoms with E-state index in [0.717, 1.165) is 4.47 Å². The number of halogens is 1. The van der Waals surface area contributed by atoms with Gasteiger partial charge in [-0.15, -0.1) is 0 Å². The van der Waals surface area contributed by atoms with Gasteiger partial charge in [0.25, 0.3) is 5.89 Å². The smallest absolute Gasteiger partial charge is 0.284 e. The Hall–Kier alpha value is -2.29. The number of pyridine rings is 1. The predicted octanol–water partition coefficient (Wildman–Crippen LogP) is 1.53. The van der Waals surface area contributed by atoms with Crippen molar-refractivity contribution in [1.82, 2.24) is 25.4 Å². The molecule has 0 aliphatic rings. The van der Waals surface area contributed by atoms with E-state index in [2.05, 4.69) is 46.0 Å². The van der Waals surface area contributed by atoms with Crippen molar-refractivity contribution in [3.05, 3.63) is 22.9 Å². The lowest BCUT2D eigenvalue weighted by atomic mass is 10.3. The Bertz CT molecular complexity index is 694. The second-order valence-corrected chi connectivity index (χ2v) is 4.23. The van der Waals surface area contributed by atoms with Gasteiger partial charge in [0.05, 0.1) is 0 Å². The Balaban J connectivity index is 2.02. The molecule has 18 heavy (non-hydrogen) atoms. The maximum absolute atomic E-state index is 5.53. The summed E-state index contributed by atoms with van der Waals surface area (Å²) in [5.41, 5.74) is 6.45. The fourth-order valence-corrected chi connectivity index (χ4v) is 1.68. The molecule has 0 spiro atoms. The van der Waals surface area contributed by atoms with Crippen LogP contribution in [0.1, 0.15) is 0 Å². The average molecular weight is 309 g/mol. The van der Waals surface area contributed by atoms with Gasteiger partial charge in [0.1, 0.15) is 0 Å². The first-order valence-corrected chi connectivity index (χ1v) is 5.56. The molecule has 0 bridgehead atoms. The molecule has 90 valence electrons. The molecule has 0 aromatic carbocycles. The molecule has 0 saturated carbocycles. The molecule has 0 radical (unpaired) electrons. The third-order valence-corrected chi connectivity index (χ3v) is 2.54. The minimum Gasteiger partial charge on any atom is -0.379 e. The highest BCUT2D eigenvalue weighted by Gasteiger charge is 2.17. The highest BCUT2D eigenvalue weighted by molar-refractivity contribution is 9.10. The van der Waals surface area contributed by atoms with Gasteiger partial charge in [0.2, 0.25) is 17.3 Å². The zero-order valence-electron chi connectivity index (χ0n) is 8.74. The van der Waals surface area contributed by atoms with Crippen LogP contribution in [0.25, 0.3) is 23.0 Å². The molecule has 0 fully saturated rings. The fourth-order valence-electron chi connectivity index (χ4n) is 1.31. The van der Waals surface area contributed by atoms with E-state index in [4.69, 9.17) is 10.3 Å². The highest BCUT2D eigenvalue weighted by atomic mass is 79.9. The van der Waals surface area contributed by atoms with Crippen molar-refractivity contribution in [1.29, 1.82) is 0 Å². The highest BCUT2D eigenvalue weighted by Crippen LogP contribution is 2.24. The summed E-state index contributed by atoms with van der Waals surface area (Å²) in [7, 11) is 0. The summed E-state index contributed by atoms with van der Waals surface area (Å²) < 4.78 is 10.3. The summed E-state index contributed by atoms with van der Waals surface area (Å²) in [5.74, 6) is 0.613. The van der Waals surface area contributed by atoms with Crippen molar-refractivity contribution >= 4 is 21.7 Å². The monoisotopic (exact) mass is 308 g/mol. The first kappa shape index (κ1) is 10.8. The molecular weight excluding hydrogens is 304 g/mol. The molecule has 8 nitrogen and oxygen atoms in total. The number of nitrogens with zero attached hydrogens (tertiary/aromatic N) is 5. The Morgan fingerprint density at radius 1 is 1.17 bits per heavy atom. The fraction of sp³-hybridized carbons (Fsp3) is 0. The summed E-state index contributed by atoms with van der Waals surface area (Å²) in [6.07, 6.45) is 3.27. The van der Waals surface area contributed by atoms with Crippen LogP contribution in [0.2, 0.25) is 0 Å². The van der Waals surface area contributed by atoms with Crippen LogP contribution in [0.15, 0.2) is 32.1 Å². The van der Waals surface area contributed by atoms with Crippen molar-refractivity contribution in [2.75, 3.05) is 5.73 Å². The molecule has 0 atom stereocenters. The van der Waals surface area contributed by atoms with Crippen LogP contribution < -0.4 is 5.73 Å². The van der Waals surface area contributed by atoms with Gasteiger partial charge in [-0.2, -0.15) is 4.98 Å². The number of nitrogen functional groups attached to an aromatic ring is 1. The number of anilines is 1. The van der Waals surface area contributed by atoms with Crippen molar-refractivity contribution in [2.24, 2.45) is 0 Å². The largest absolute Gasteiger partial charge is 0.379 e. The molecule has 3 heterocycles. The lowest BCUT2D eigenvalue weighted by Gasteiger charge is -1.93. The lowest BCUT2D eigenvalue weighted by molar-refractivity contribution is 0.308. The van der Waals surface area contributed by atoms with E-state index < -0.39 is 0 Å². The van der Waals surface area contributed by atoms with Gasteiger partial charge < -0.3 is 10.3 Å². The van der Waals surface area contributed by atoms with E-state index in [1.807, 2.05) is 6.07 Å². The predicted molar refractivity (Wildman–Crippen MR) is 62.9 cm³/mol. The lowest BCUT2D eigenvalue weighted by Crippen LogP contribution is -1.88. The van der Waals surface area contributed by atoms with Crippen LogP contribution in [0.4, 0.5) is 5.82 Å². The molecule has 0 aliphatic heterocycles. The SMILES string of the molecule is Nc1nonc1-c1nc(-c2cncc(Br)c2)no1. The van der Waals surface area contributed by atoms with E-state index in [0.29, 0.717) is 11.4 Å². The maximum atomic E-state index is 5.53. The van der Waals surface area contributed by atoms with Crippen LogP contribution in [-0.2, 0) is 0 Å². The van der Waals surface area contributed by atoms with Crippen LogP contribution in [0.3, 0.4) is 0 Å². The number of rotatable bonds is 2. The van der Waals surface area contributed by atoms with Crippen LogP contribution in [0, 0.1) is 0 Å². The van der Waals surface area contributed by atoms with Crippen LogP contribution in [0.5, 0.6) is 0 Å². The summed E-state index contributed by atoms with van der Waals surface area (Å²) in [5, 5.41) is 10.8. The molecule has 0 aliphatic carbocycles. The third kappa shape index (κ3) is 1.84. The molecule has 3 rings (SSSR count). The van der Waals surface area contributed by atoms with Gasteiger partial charge in [-0.05, 0) is 32.3 Å². The first-order chi connectivity index (χ1) is 8.74. The Morgan fingerprint density at radius 2 is 2.06 bits per heavy atom. The van der Waals surface area contributed by atoms with Crippen molar-refractivity contribution < 1.29 is 9.15 Å². The Labute approximate surface area is 108 Å². The number of aromatic nitrogens is 5. The first-order valence-electron chi connectivity index (χ1n) is 4.77. The molecule has 3 aromatic rings. The summed E-state index contributed by atoms with van der Waals surface area (Å²) >= 11 is 3.31. The summed E-state index contributed by atoms with van der Waals surface area (Å²) in [6, 6.07) is 1.81. The van der Waals surface area contributed by atoms with Crippen LogP contribution in [-0.4, -0.2) is 25.4 Å². The van der Waals surface area contributed by atoms with Gasteiger partial charge in [-0.1, -0.05) is 5.16 Å². The normalized spacial score (nSPS) is 10.7.